The first-order valence-electron chi connectivity index (χ1n) is 14.8. The fraction of sp³-hybridized carbons (Fsp3) is 0.472. The van der Waals surface area contributed by atoms with Crippen molar-refractivity contribution in [2.45, 2.75) is 112 Å². The Bertz CT molecular complexity index is 1620. The third-order valence-corrected chi connectivity index (χ3v) is 8.68. The summed E-state index contributed by atoms with van der Waals surface area (Å²) < 4.78 is 19.1. The minimum Gasteiger partial charge on any atom is -0.507 e. The fourth-order valence-corrected chi connectivity index (χ4v) is 6.47. The van der Waals surface area contributed by atoms with E-state index in [1.807, 2.05) is 19.1 Å². The number of phenols is 1. The average molecular weight is 591 g/mol. The van der Waals surface area contributed by atoms with Crippen LogP contribution in [0.5, 0.6) is 5.75 Å². The molecule has 0 aliphatic rings. The second-order valence-electron chi connectivity index (χ2n) is 14.8. The van der Waals surface area contributed by atoms with Crippen LogP contribution in [-0.4, -0.2) is 11.1 Å². The zero-order valence-corrected chi connectivity index (χ0v) is 28.3. The molecule has 0 unspecified atom stereocenters. The smallest absolute Gasteiger partial charge is 0.455 e. The van der Waals surface area contributed by atoms with Crippen molar-refractivity contribution in [3.63, 3.8) is 0 Å². The molecule has 0 spiro atoms. The molecule has 0 amide bonds. The molecule has 0 saturated carbocycles. The Morgan fingerprint density at radius 3 is 1.60 bits per heavy atom. The van der Waals surface area contributed by atoms with Gasteiger partial charge < -0.3 is 18.0 Å². The van der Waals surface area contributed by atoms with Crippen LogP contribution < -0.4 is 4.52 Å². The second kappa shape index (κ2) is 11.2. The van der Waals surface area contributed by atoms with Gasteiger partial charge in [0.25, 0.3) is 0 Å². The lowest BCUT2D eigenvalue weighted by Gasteiger charge is -2.22. The van der Waals surface area contributed by atoms with E-state index in [1.54, 1.807) is 0 Å². The van der Waals surface area contributed by atoms with Crippen LogP contribution in [0, 0.1) is 20.8 Å². The molecule has 4 rings (SSSR count). The van der Waals surface area contributed by atoms with E-state index < -0.39 is 8.24 Å². The number of aryl methyl sites for hydroxylation is 4. The van der Waals surface area contributed by atoms with E-state index >= 15 is 0 Å². The number of hydrogen-bond donors (Lipinski definition) is 1. The Morgan fingerprint density at radius 2 is 1.17 bits per heavy atom. The van der Waals surface area contributed by atoms with Gasteiger partial charge in [0.15, 0.2) is 0 Å². The first kappa shape index (κ1) is 31.8. The van der Waals surface area contributed by atoms with Crippen molar-refractivity contribution in [2.24, 2.45) is 0 Å². The highest BCUT2D eigenvalue weighted by Crippen LogP contribution is 2.43. The second-order valence-corrected chi connectivity index (χ2v) is 15.8. The normalized spacial score (nSPS) is 12.7. The van der Waals surface area contributed by atoms with Gasteiger partial charge in [-0.15, -0.1) is 0 Å². The number of aromatic hydroxyl groups is 1. The lowest BCUT2D eigenvalue weighted by atomic mass is 9.83. The summed E-state index contributed by atoms with van der Waals surface area (Å²) in [6.45, 7) is 25.3. The quantitative estimate of drug-likeness (QED) is 0.256. The van der Waals surface area contributed by atoms with E-state index in [9.17, 15) is 9.90 Å². The van der Waals surface area contributed by atoms with Crippen LogP contribution in [0.4, 0.5) is 0 Å². The molecule has 0 radical (unpaired) electrons. The number of phenolic OH excluding ortho intramolecular Hbond substituents is 1. The molecule has 1 aromatic heterocycles. The molecule has 1 heterocycles. The number of fused-ring (bicyclic) bond motifs is 3. The van der Waals surface area contributed by atoms with Crippen LogP contribution in [0.15, 0.2) is 44.8 Å². The van der Waals surface area contributed by atoms with Crippen LogP contribution in [0.3, 0.4) is 0 Å². The number of carbonyl (C=O) groups is 1. The average Bonchev–Trinajstić information content (AvgIpc) is 2.98. The molecular formula is C36H47O5P. The maximum absolute atomic E-state index is 13.3. The largest absolute Gasteiger partial charge is 0.507 e. The molecule has 5 nitrogen and oxygen atoms in total. The Hall–Kier alpha value is -3.17. The highest BCUT2D eigenvalue weighted by atomic mass is 31.1. The van der Waals surface area contributed by atoms with E-state index in [0.717, 1.165) is 49.7 Å². The minimum absolute atomic E-state index is 0.166. The van der Waals surface area contributed by atoms with Crippen molar-refractivity contribution in [3.8, 4) is 5.75 Å². The highest BCUT2D eigenvalue weighted by Gasteiger charge is 2.26. The molecule has 0 saturated heterocycles. The van der Waals surface area contributed by atoms with Gasteiger partial charge in [0.05, 0.1) is 6.42 Å². The maximum atomic E-state index is 13.3. The molecule has 0 aliphatic heterocycles. The van der Waals surface area contributed by atoms with Gasteiger partial charge in [-0.25, -0.2) is 0 Å². The third-order valence-electron chi connectivity index (χ3n) is 7.67. The Balaban J connectivity index is 1.85. The lowest BCUT2D eigenvalue weighted by Crippen LogP contribution is -2.13. The molecule has 6 heteroatoms. The summed E-state index contributed by atoms with van der Waals surface area (Å²) >= 11 is 0. The molecule has 0 fully saturated rings. The molecule has 0 bridgehead atoms. The van der Waals surface area contributed by atoms with E-state index in [1.165, 1.54) is 0 Å². The Kier molecular flexibility index (Phi) is 8.43. The molecule has 0 atom stereocenters. The number of hydrogen-bond acceptors (Lipinski definition) is 5. The predicted octanol–water partition coefficient (Wildman–Crippen LogP) is 10.4. The summed E-state index contributed by atoms with van der Waals surface area (Å²) in [7, 11) is -2.06. The SMILES string of the molecule is Cc1cc(C(C)(C)C)c2op(OC(=O)CCc3cc(C)c(O)c(C(C)(C)C)c3)oc3c(C(C)(C)C)cc(C)cc3c2c1. The van der Waals surface area contributed by atoms with Gasteiger partial charge in [0, 0.05) is 21.9 Å². The first-order chi connectivity index (χ1) is 19.3. The van der Waals surface area contributed by atoms with Crippen LogP contribution in [0.25, 0.3) is 21.9 Å². The topological polar surface area (TPSA) is 72.8 Å². The number of rotatable bonds is 4. The molecule has 42 heavy (non-hydrogen) atoms. The van der Waals surface area contributed by atoms with Crippen molar-refractivity contribution in [3.05, 3.63) is 75.3 Å². The van der Waals surface area contributed by atoms with Crippen LogP contribution in [0.2, 0.25) is 0 Å². The van der Waals surface area contributed by atoms with E-state index in [-0.39, 0.29) is 28.6 Å². The lowest BCUT2D eigenvalue weighted by molar-refractivity contribution is -0.131. The number of benzene rings is 3. The highest BCUT2D eigenvalue weighted by molar-refractivity contribution is 7.32. The van der Waals surface area contributed by atoms with Gasteiger partial charge in [0.1, 0.15) is 16.9 Å². The van der Waals surface area contributed by atoms with Crippen LogP contribution >= 0.6 is 8.24 Å². The summed E-state index contributed by atoms with van der Waals surface area (Å²) in [4.78, 5) is 13.3. The standard InChI is InChI=1S/C36H47O5P/c1-21-15-25-26-16-22(2)18-29(36(10,11)12)33(26)41-42(40-32(25)28(17-21)35(7,8)9)39-30(37)14-13-24-19-23(3)31(38)27(20-24)34(4,5)6/h15-20,38H,13-14H2,1-12H3. The van der Waals surface area contributed by atoms with Gasteiger partial charge >= 0.3 is 14.2 Å². The summed E-state index contributed by atoms with van der Waals surface area (Å²) in [5.41, 5.74) is 7.80. The van der Waals surface area contributed by atoms with Gasteiger partial charge in [0.2, 0.25) is 0 Å². The van der Waals surface area contributed by atoms with E-state index in [2.05, 4.69) is 100 Å². The first-order valence-corrected chi connectivity index (χ1v) is 15.9. The van der Waals surface area contributed by atoms with Gasteiger partial charge in [-0.2, -0.15) is 0 Å². The van der Waals surface area contributed by atoms with E-state index in [4.69, 9.17) is 12.9 Å². The summed E-state index contributed by atoms with van der Waals surface area (Å²) in [6, 6.07) is 12.5. The fourth-order valence-electron chi connectivity index (χ4n) is 5.41. The van der Waals surface area contributed by atoms with E-state index in [0.29, 0.717) is 23.3 Å². The van der Waals surface area contributed by atoms with Gasteiger partial charge in [-0.3, -0.25) is 4.79 Å². The van der Waals surface area contributed by atoms with Gasteiger partial charge in [-0.1, -0.05) is 86.6 Å². The minimum atomic E-state index is -2.06. The predicted molar refractivity (Wildman–Crippen MR) is 175 cm³/mol. The number of carbonyl (C=O) groups excluding carboxylic acids is 1. The third kappa shape index (κ3) is 6.73. The monoisotopic (exact) mass is 590 g/mol. The summed E-state index contributed by atoms with van der Waals surface area (Å²) in [6.07, 6.45) is 0.650. The van der Waals surface area contributed by atoms with Crippen LogP contribution in [0.1, 0.15) is 108 Å². The van der Waals surface area contributed by atoms with Crippen molar-refractivity contribution >= 4 is 36.1 Å². The molecule has 3 aromatic carbocycles. The van der Waals surface area contributed by atoms with Crippen molar-refractivity contribution in [2.75, 3.05) is 0 Å². The summed E-state index contributed by atoms with van der Waals surface area (Å²) in [5.74, 6) is -0.0763. The van der Waals surface area contributed by atoms with Crippen molar-refractivity contribution in [1.29, 1.82) is 0 Å². The molecule has 0 aliphatic carbocycles. The van der Waals surface area contributed by atoms with Gasteiger partial charge in [-0.05, 0) is 83.4 Å². The molecule has 226 valence electrons. The van der Waals surface area contributed by atoms with Crippen LogP contribution in [-0.2, 0) is 27.5 Å². The molecular weight excluding hydrogens is 543 g/mol. The summed E-state index contributed by atoms with van der Waals surface area (Å²) in [5, 5.41) is 12.5. The Labute approximate surface area is 251 Å². The maximum Gasteiger partial charge on any atom is 0.455 e. The Morgan fingerprint density at radius 1 is 0.714 bits per heavy atom. The molecule has 4 aromatic rings. The zero-order valence-electron chi connectivity index (χ0n) is 27.4. The van der Waals surface area contributed by atoms with Crippen molar-refractivity contribution < 1.29 is 22.8 Å². The van der Waals surface area contributed by atoms with Crippen molar-refractivity contribution in [1.82, 2.24) is 0 Å². The molecule has 1 N–H and O–H groups in total. The zero-order chi connectivity index (χ0) is 31.4.